The van der Waals surface area contributed by atoms with Gasteiger partial charge in [-0.1, -0.05) is 127 Å². The topological polar surface area (TPSA) is 134 Å². The van der Waals surface area contributed by atoms with Gasteiger partial charge in [0.25, 0.3) is 0 Å². The highest BCUT2D eigenvalue weighted by Crippen LogP contribution is 2.43. The van der Waals surface area contributed by atoms with Crippen LogP contribution in [-0.4, -0.2) is 49.3 Å². The fourth-order valence-corrected chi connectivity index (χ4v) is 5.41. The minimum atomic E-state index is -4.37. The Bertz CT molecular complexity index is 861. The third-order valence-electron chi connectivity index (χ3n) is 7.29. The van der Waals surface area contributed by atoms with Crippen LogP contribution in [0, 0.1) is 0 Å². The predicted octanol–water partition coefficient (Wildman–Crippen LogP) is 9.43. The van der Waals surface area contributed by atoms with Crippen molar-refractivity contribution in [1.82, 2.24) is 0 Å². The van der Waals surface area contributed by atoms with Crippen LogP contribution in [0.5, 0.6) is 0 Å². The first-order valence-electron chi connectivity index (χ1n) is 18.0. The molecule has 3 N–H and O–H groups in total. The molecule has 0 spiro atoms. The van der Waals surface area contributed by atoms with Gasteiger partial charge in [-0.3, -0.25) is 18.6 Å². The van der Waals surface area contributed by atoms with Gasteiger partial charge in [-0.25, -0.2) is 4.57 Å². The second-order valence-corrected chi connectivity index (χ2v) is 13.2. The first-order chi connectivity index (χ1) is 22.3. The molecule has 2 atom stereocenters. The molecule has 46 heavy (non-hydrogen) atoms. The highest BCUT2D eigenvalue weighted by molar-refractivity contribution is 7.47. The van der Waals surface area contributed by atoms with Crippen LogP contribution in [0.2, 0.25) is 0 Å². The van der Waals surface area contributed by atoms with Gasteiger partial charge in [0.15, 0.2) is 6.10 Å². The number of esters is 2. The van der Waals surface area contributed by atoms with Crippen molar-refractivity contribution in [2.45, 2.75) is 155 Å². The third kappa shape index (κ3) is 32.2. The number of carbonyl (C=O) groups is 2. The summed E-state index contributed by atoms with van der Waals surface area (Å²) in [4.78, 5) is 34.6. The van der Waals surface area contributed by atoms with E-state index in [1.165, 1.54) is 57.8 Å². The van der Waals surface area contributed by atoms with Crippen molar-refractivity contribution in [3.63, 3.8) is 0 Å². The molecule has 0 heterocycles. The van der Waals surface area contributed by atoms with Gasteiger partial charge in [-0.2, -0.15) is 0 Å². The van der Waals surface area contributed by atoms with Crippen molar-refractivity contribution >= 4 is 19.8 Å². The van der Waals surface area contributed by atoms with Gasteiger partial charge in [0.05, 0.1) is 13.2 Å². The molecule has 0 fully saturated rings. The average Bonchev–Trinajstić information content (AvgIpc) is 3.04. The Hall–Kier alpha value is -1.77. The molecule has 0 aliphatic heterocycles. The van der Waals surface area contributed by atoms with Gasteiger partial charge < -0.3 is 20.1 Å². The Morgan fingerprint density at radius 3 is 1.78 bits per heavy atom. The lowest BCUT2D eigenvalue weighted by Gasteiger charge is -2.19. The molecule has 0 bridgehead atoms. The quantitative estimate of drug-likeness (QED) is 0.0303. The molecule has 0 amide bonds. The Morgan fingerprint density at radius 2 is 1.20 bits per heavy atom. The van der Waals surface area contributed by atoms with Crippen LogP contribution in [0.3, 0.4) is 0 Å². The van der Waals surface area contributed by atoms with Crippen LogP contribution >= 0.6 is 7.82 Å². The van der Waals surface area contributed by atoms with Crippen LogP contribution in [0.4, 0.5) is 0 Å². The molecule has 0 aromatic rings. The lowest BCUT2D eigenvalue weighted by molar-refractivity contribution is -0.161. The Labute approximate surface area is 280 Å². The summed E-state index contributed by atoms with van der Waals surface area (Å²) in [6.07, 6.45) is 33.2. The van der Waals surface area contributed by atoms with Crippen LogP contribution in [-0.2, 0) is 32.7 Å². The first kappa shape index (κ1) is 44.2. The van der Waals surface area contributed by atoms with Crippen molar-refractivity contribution in [2.24, 2.45) is 5.73 Å². The molecule has 0 aromatic carbocycles. The number of ether oxygens (including phenoxy) is 2. The molecule has 10 heteroatoms. The lowest BCUT2D eigenvalue weighted by atomic mass is 10.0. The van der Waals surface area contributed by atoms with Crippen LogP contribution in [0.25, 0.3) is 0 Å². The van der Waals surface area contributed by atoms with E-state index in [2.05, 4.69) is 50.3 Å². The standard InChI is InChI=1S/C36H66NO8P/c1-3-5-7-9-11-13-15-17-19-21-23-25-27-29-36(39)45-34(33-44-46(40,41)43-31-30-37)32-42-35(38)28-26-24-22-20-18-16-14-12-10-8-6-4-2/h5,7,11,13,17,19,34H,3-4,6,8-10,12,14-16,18,20-33,37H2,1-2H3,(H,40,41)/b7-5-,13-11-,19-17-. The van der Waals surface area contributed by atoms with E-state index in [0.717, 1.165) is 57.8 Å². The summed E-state index contributed by atoms with van der Waals surface area (Å²) in [7, 11) is -4.37. The summed E-state index contributed by atoms with van der Waals surface area (Å²) in [6.45, 7) is 3.55. The van der Waals surface area contributed by atoms with E-state index in [1.54, 1.807) is 0 Å². The van der Waals surface area contributed by atoms with Crippen molar-refractivity contribution in [3.05, 3.63) is 36.5 Å². The van der Waals surface area contributed by atoms with Crippen molar-refractivity contribution in [2.75, 3.05) is 26.4 Å². The lowest BCUT2D eigenvalue weighted by Crippen LogP contribution is -2.29. The molecule has 0 aliphatic carbocycles. The van der Waals surface area contributed by atoms with Crippen molar-refractivity contribution in [3.8, 4) is 0 Å². The minimum Gasteiger partial charge on any atom is -0.462 e. The SMILES string of the molecule is CC/C=C\C/C=C\C/C=C\CCCCCC(=O)OC(COC(=O)CCCCCCCCCCCCCC)COP(=O)(O)OCCN. The molecule has 0 saturated heterocycles. The highest BCUT2D eigenvalue weighted by Gasteiger charge is 2.25. The van der Waals surface area contributed by atoms with Crippen molar-refractivity contribution in [1.29, 1.82) is 0 Å². The third-order valence-corrected chi connectivity index (χ3v) is 8.27. The predicted molar refractivity (Wildman–Crippen MR) is 187 cm³/mol. The molecule has 0 saturated carbocycles. The Kier molecular flexibility index (Phi) is 31.9. The van der Waals surface area contributed by atoms with Gasteiger partial charge in [-0.15, -0.1) is 0 Å². The zero-order chi connectivity index (χ0) is 34.0. The van der Waals surface area contributed by atoms with E-state index in [9.17, 15) is 19.0 Å². The zero-order valence-electron chi connectivity index (χ0n) is 29.0. The number of nitrogens with two attached hydrogens (primary N) is 1. The van der Waals surface area contributed by atoms with Gasteiger partial charge in [0.2, 0.25) is 0 Å². The fraction of sp³-hybridized carbons (Fsp3) is 0.778. The molecular weight excluding hydrogens is 605 g/mol. The van der Waals surface area contributed by atoms with Gasteiger partial charge >= 0.3 is 19.8 Å². The summed E-state index contributed by atoms with van der Waals surface area (Å²) in [6, 6.07) is 0. The molecule has 0 rings (SSSR count). The Balaban J connectivity index is 4.31. The highest BCUT2D eigenvalue weighted by atomic mass is 31.2. The van der Waals surface area contributed by atoms with Crippen LogP contribution in [0.15, 0.2) is 36.5 Å². The summed E-state index contributed by atoms with van der Waals surface area (Å²) in [5.41, 5.74) is 5.32. The monoisotopic (exact) mass is 671 g/mol. The van der Waals surface area contributed by atoms with Gasteiger partial charge in [0, 0.05) is 19.4 Å². The van der Waals surface area contributed by atoms with E-state index < -0.39 is 32.5 Å². The minimum absolute atomic E-state index is 0.0485. The number of unbranched alkanes of at least 4 members (excludes halogenated alkanes) is 14. The molecule has 0 aromatic heterocycles. The average molecular weight is 672 g/mol. The molecule has 268 valence electrons. The largest absolute Gasteiger partial charge is 0.472 e. The maximum Gasteiger partial charge on any atom is 0.472 e. The number of carbonyl (C=O) groups excluding carboxylic acids is 2. The van der Waals surface area contributed by atoms with E-state index >= 15 is 0 Å². The fourth-order valence-electron chi connectivity index (χ4n) is 4.65. The molecule has 0 aliphatic rings. The van der Waals surface area contributed by atoms with E-state index in [0.29, 0.717) is 6.42 Å². The summed E-state index contributed by atoms with van der Waals surface area (Å²) in [5.74, 6) is -0.865. The molecule has 2 unspecified atom stereocenters. The summed E-state index contributed by atoms with van der Waals surface area (Å²) < 4.78 is 32.5. The van der Waals surface area contributed by atoms with E-state index in [-0.39, 0.29) is 32.6 Å². The van der Waals surface area contributed by atoms with E-state index in [1.807, 2.05) is 0 Å². The number of phosphoric acid groups is 1. The zero-order valence-corrected chi connectivity index (χ0v) is 29.9. The number of hydrogen-bond acceptors (Lipinski definition) is 8. The molecule has 0 radical (unpaired) electrons. The molecule has 9 nitrogen and oxygen atoms in total. The summed E-state index contributed by atoms with van der Waals surface area (Å²) in [5, 5.41) is 0. The maximum atomic E-state index is 12.5. The van der Waals surface area contributed by atoms with Crippen LogP contribution < -0.4 is 5.73 Å². The number of rotatable bonds is 33. The second kappa shape index (κ2) is 33.1. The normalized spacial score (nSPS) is 13.9. The Morgan fingerprint density at radius 1 is 0.674 bits per heavy atom. The first-order valence-corrected chi connectivity index (χ1v) is 19.5. The number of hydrogen-bond donors (Lipinski definition) is 2. The van der Waals surface area contributed by atoms with Crippen molar-refractivity contribution < 1.29 is 37.6 Å². The smallest absolute Gasteiger partial charge is 0.462 e. The van der Waals surface area contributed by atoms with Crippen LogP contribution in [0.1, 0.15) is 149 Å². The van der Waals surface area contributed by atoms with Gasteiger partial charge in [-0.05, 0) is 44.9 Å². The van der Waals surface area contributed by atoms with Gasteiger partial charge in [0.1, 0.15) is 6.61 Å². The number of allylic oxidation sites excluding steroid dienone is 6. The second-order valence-electron chi connectivity index (χ2n) is 11.7. The van der Waals surface area contributed by atoms with E-state index in [4.69, 9.17) is 24.3 Å². The summed E-state index contributed by atoms with van der Waals surface area (Å²) >= 11 is 0. The number of phosphoric ester groups is 1. The molecular formula is C36H66NO8P. The maximum absolute atomic E-state index is 12.5.